The molecule has 2 heterocycles. The van der Waals surface area contributed by atoms with Crippen LogP contribution in [0, 0.1) is 0 Å². The number of aromatic nitrogens is 2. The highest BCUT2D eigenvalue weighted by molar-refractivity contribution is 5.83. The number of hydrogen-bond donors (Lipinski definition) is 2. The Morgan fingerprint density at radius 3 is 2.63 bits per heavy atom. The Hall–Kier alpha value is -2.87. The van der Waals surface area contributed by atoms with E-state index >= 15 is 0 Å². The minimum atomic E-state index is -0.406. The normalized spacial score (nSPS) is 14.4. The van der Waals surface area contributed by atoms with Crippen molar-refractivity contribution in [2.75, 3.05) is 27.7 Å². The second kappa shape index (κ2) is 8.22. The number of urea groups is 1. The van der Waals surface area contributed by atoms with Crippen molar-refractivity contribution in [1.29, 1.82) is 0 Å². The van der Waals surface area contributed by atoms with Gasteiger partial charge in [-0.05, 0) is 18.7 Å². The van der Waals surface area contributed by atoms with Gasteiger partial charge in [0.05, 0.1) is 31.0 Å². The highest BCUT2D eigenvalue weighted by atomic mass is 16.2. The van der Waals surface area contributed by atoms with Crippen molar-refractivity contribution in [2.24, 2.45) is 0 Å². The second-order valence-electron chi connectivity index (χ2n) is 6.80. The second-order valence-corrected chi connectivity index (χ2v) is 6.80. The molecule has 8 nitrogen and oxygen atoms in total. The molecular formula is C19H26N6O2. The summed E-state index contributed by atoms with van der Waals surface area (Å²) in [4.78, 5) is 28.0. The van der Waals surface area contributed by atoms with Crippen LogP contribution in [0.5, 0.6) is 0 Å². The first-order chi connectivity index (χ1) is 13.0. The van der Waals surface area contributed by atoms with Crippen molar-refractivity contribution >= 4 is 11.9 Å². The van der Waals surface area contributed by atoms with Crippen LogP contribution in [0.3, 0.4) is 0 Å². The summed E-state index contributed by atoms with van der Waals surface area (Å²) in [5.41, 5.74) is 2.69. The van der Waals surface area contributed by atoms with Gasteiger partial charge < -0.3 is 20.4 Å². The van der Waals surface area contributed by atoms with Crippen molar-refractivity contribution in [2.45, 2.75) is 25.7 Å². The molecule has 27 heavy (non-hydrogen) atoms. The first kappa shape index (κ1) is 18.9. The van der Waals surface area contributed by atoms with Gasteiger partial charge in [-0.25, -0.2) is 4.79 Å². The largest absolute Gasteiger partial charge is 0.349 e. The van der Waals surface area contributed by atoms with Crippen molar-refractivity contribution in [3.05, 3.63) is 53.3 Å². The molecule has 0 saturated carbocycles. The fraction of sp³-hybridized carbons (Fsp3) is 0.421. The van der Waals surface area contributed by atoms with Gasteiger partial charge in [0.15, 0.2) is 0 Å². The highest BCUT2D eigenvalue weighted by Crippen LogP contribution is 2.16. The molecular weight excluding hydrogens is 344 g/mol. The van der Waals surface area contributed by atoms with Crippen LogP contribution in [0.15, 0.2) is 36.4 Å². The molecule has 0 spiro atoms. The van der Waals surface area contributed by atoms with Gasteiger partial charge in [-0.2, -0.15) is 5.10 Å². The minimum absolute atomic E-state index is 0.00275. The Kier molecular flexibility index (Phi) is 5.75. The standard InChI is InChI=1S/C19H26N6O2/c1-20-17(14-7-5-4-6-8-14)18(26)21-12-15-11-16-13-24(19(27)23(2)3)9-10-25(16)22-15/h4-8,11,17,20H,9-10,12-13H2,1-3H3,(H,21,26)/t17-/m0/s1. The molecule has 1 atom stereocenters. The van der Waals surface area contributed by atoms with E-state index in [1.807, 2.05) is 41.1 Å². The van der Waals surface area contributed by atoms with E-state index < -0.39 is 6.04 Å². The van der Waals surface area contributed by atoms with Crippen LogP contribution in [-0.4, -0.2) is 59.2 Å². The Morgan fingerprint density at radius 2 is 1.96 bits per heavy atom. The zero-order valence-corrected chi connectivity index (χ0v) is 16.0. The molecule has 1 aromatic carbocycles. The van der Waals surface area contributed by atoms with Gasteiger partial charge in [0.1, 0.15) is 6.04 Å². The molecule has 0 aliphatic carbocycles. The Balaban J connectivity index is 1.61. The molecule has 0 fully saturated rings. The molecule has 1 aliphatic heterocycles. The van der Waals surface area contributed by atoms with Gasteiger partial charge in [-0.15, -0.1) is 0 Å². The number of likely N-dealkylation sites (N-methyl/N-ethyl adjacent to an activating group) is 1. The Morgan fingerprint density at radius 1 is 1.22 bits per heavy atom. The van der Waals surface area contributed by atoms with Crippen molar-refractivity contribution in [3.63, 3.8) is 0 Å². The van der Waals surface area contributed by atoms with E-state index in [0.29, 0.717) is 26.2 Å². The van der Waals surface area contributed by atoms with Gasteiger partial charge in [-0.1, -0.05) is 30.3 Å². The third-order valence-corrected chi connectivity index (χ3v) is 4.63. The van der Waals surface area contributed by atoms with Crippen LogP contribution < -0.4 is 10.6 Å². The molecule has 0 unspecified atom stereocenters. The summed E-state index contributed by atoms with van der Waals surface area (Å²) >= 11 is 0. The van der Waals surface area contributed by atoms with Crippen LogP contribution >= 0.6 is 0 Å². The van der Waals surface area contributed by atoms with Crippen LogP contribution in [0.4, 0.5) is 4.79 Å². The van der Waals surface area contributed by atoms with Crippen molar-refractivity contribution in [1.82, 2.24) is 30.2 Å². The molecule has 8 heteroatoms. The number of hydrogen-bond acceptors (Lipinski definition) is 4. The molecule has 144 valence electrons. The first-order valence-electron chi connectivity index (χ1n) is 9.01. The number of carbonyl (C=O) groups is 2. The van der Waals surface area contributed by atoms with Gasteiger partial charge in [0.2, 0.25) is 5.91 Å². The molecule has 1 aliphatic rings. The van der Waals surface area contributed by atoms with E-state index in [-0.39, 0.29) is 11.9 Å². The van der Waals surface area contributed by atoms with E-state index in [9.17, 15) is 9.59 Å². The van der Waals surface area contributed by atoms with Crippen LogP contribution in [0.25, 0.3) is 0 Å². The molecule has 0 bridgehead atoms. The fourth-order valence-electron chi connectivity index (χ4n) is 3.23. The van der Waals surface area contributed by atoms with Crippen molar-refractivity contribution < 1.29 is 9.59 Å². The Labute approximate surface area is 159 Å². The smallest absolute Gasteiger partial charge is 0.319 e. The molecule has 2 N–H and O–H groups in total. The highest BCUT2D eigenvalue weighted by Gasteiger charge is 2.24. The number of rotatable bonds is 5. The minimum Gasteiger partial charge on any atom is -0.349 e. The summed E-state index contributed by atoms with van der Waals surface area (Å²) in [7, 11) is 5.27. The summed E-state index contributed by atoms with van der Waals surface area (Å²) in [6.07, 6.45) is 0. The lowest BCUT2D eigenvalue weighted by Gasteiger charge is -2.29. The number of amides is 3. The zero-order chi connectivity index (χ0) is 19.4. The lowest BCUT2D eigenvalue weighted by Crippen LogP contribution is -2.43. The van der Waals surface area contributed by atoms with Gasteiger partial charge in [0.25, 0.3) is 0 Å². The van der Waals surface area contributed by atoms with E-state index in [0.717, 1.165) is 17.0 Å². The van der Waals surface area contributed by atoms with Crippen LogP contribution in [-0.2, 0) is 24.4 Å². The fourth-order valence-corrected chi connectivity index (χ4v) is 3.23. The first-order valence-corrected chi connectivity index (χ1v) is 9.01. The van der Waals surface area contributed by atoms with Crippen molar-refractivity contribution in [3.8, 4) is 0 Å². The maximum atomic E-state index is 12.5. The van der Waals surface area contributed by atoms with E-state index in [2.05, 4.69) is 15.7 Å². The monoisotopic (exact) mass is 370 g/mol. The molecule has 3 amide bonds. The molecule has 0 radical (unpaired) electrons. The molecule has 1 aromatic heterocycles. The topological polar surface area (TPSA) is 82.5 Å². The maximum absolute atomic E-state index is 12.5. The van der Waals surface area contributed by atoms with E-state index in [4.69, 9.17) is 0 Å². The van der Waals surface area contributed by atoms with Gasteiger partial charge in [0, 0.05) is 20.6 Å². The summed E-state index contributed by atoms with van der Waals surface area (Å²) in [6, 6.07) is 11.1. The van der Waals surface area contributed by atoms with Crippen LogP contribution in [0.2, 0.25) is 0 Å². The lowest BCUT2D eigenvalue weighted by atomic mass is 10.1. The lowest BCUT2D eigenvalue weighted by molar-refractivity contribution is -0.123. The Bertz CT molecular complexity index is 802. The quantitative estimate of drug-likeness (QED) is 0.821. The predicted octanol–water partition coefficient (Wildman–Crippen LogP) is 0.957. The number of benzene rings is 1. The summed E-state index contributed by atoms with van der Waals surface area (Å²) < 4.78 is 1.91. The average molecular weight is 370 g/mol. The summed E-state index contributed by atoms with van der Waals surface area (Å²) in [5.74, 6) is -0.0981. The zero-order valence-electron chi connectivity index (χ0n) is 16.0. The maximum Gasteiger partial charge on any atom is 0.319 e. The van der Waals surface area contributed by atoms with Gasteiger partial charge >= 0.3 is 6.03 Å². The molecule has 0 saturated heterocycles. The van der Waals surface area contributed by atoms with Crippen LogP contribution in [0.1, 0.15) is 23.0 Å². The predicted molar refractivity (Wildman–Crippen MR) is 102 cm³/mol. The number of fused-ring (bicyclic) bond motifs is 1. The van der Waals surface area contributed by atoms with E-state index in [1.54, 1.807) is 30.9 Å². The van der Waals surface area contributed by atoms with E-state index in [1.165, 1.54) is 0 Å². The number of nitrogens with zero attached hydrogens (tertiary/aromatic N) is 4. The average Bonchev–Trinajstić information content (AvgIpc) is 3.09. The van der Waals surface area contributed by atoms with Gasteiger partial charge in [-0.3, -0.25) is 9.48 Å². The SMILES string of the molecule is CN[C@H](C(=O)NCc1cc2n(n1)CCN(C(=O)N(C)C)C2)c1ccccc1. The number of nitrogens with one attached hydrogen (secondary N) is 2. The number of carbonyl (C=O) groups excluding carboxylic acids is 2. The molecule has 3 rings (SSSR count). The molecule has 2 aromatic rings. The summed E-state index contributed by atoms with van der Waals surface area (Å²) in [5, 5.41) is 10.5. The summed E-state index contributed by atoms with van der Waals surface area (Å²) in [6.45, 7) is 2.17. The third-order valence-electron chi connectivity index (χ3n) is 4.63. The third kappa shape index (κ3) is 4.28.